The second kappa shape index (κ2) is 5.77. The first-order chi connectivity index (χ1) is 10.6. The van der Waals surface area contributed by atoms with Crippen LogP contribution in [0.25, 0.3) is 5.69 Å². The Kier molecular flexibility index (Phi) is 3.65. The number of nitrogens with zero attached hydrogens (tertiary/aromatic N) is 3. The summed E-state index contributed by atoms with van der Waals surface area (Å²) in [5, 5.41) is 10.6. The van der Waals surface area contributed by atoms with Gasteiger partial charge in [0.1, 0.15) is 5.82 Å². The van der Waals surface area contributed by atoms with Crippen LogP contribution in [-0.4, -0.2) is 20.9 Å². The molecule has 0 aliphatic heterocycles. The maximum absolute atomic E-state index is 13.0. The summed E-state index contributed by atoms with van der Waals surface area (Å²) < 4.78 is 14.5. The molecule has 0 bridgehead atoms. The lowest BCUT2D eigenvalue weighted by atomic mass is 10.2. The molecule has 22 heavy (non-hydrogen) atoms. The van der Waals surface area contributed by atoms with Gasteiger partial charge in [-0.3, -0.25) is 4.79 Å². The molecule has 6 heteroatoms. The average Bonchev–Trinajstić information content (AvgIpc) is 2.91. The molecule has 0 aliphatic rings. The van der Waals surface area contributed by atoms with Crippen LogP contribution in [0, 0.1) is 12.7 Å². The van der Waals surface area contributed by atoms with Gasteiger partial charge in [-0.05, 0) is 43.3 Å². The lowest BCUT2D eigenvalue weighted by Gasteiger charge is -2.05. The van der Waals surface area contributed by atoms with Crippen LogP contribution in [0.1, 0.15) is 16.2 Å². The Balaban J connectivity index is 1.87. The summed E-state index contributed by atoms with van der Waals surface area (Å²) in [5.41, 5.74) is 2.14. The molecule has 1 amide bonds. The van der Waals surface area contributed by atoms with Gasteiger partial charge in [0.25, 0.3) is 5.91 Å². The van der Waals surface area contributed by atoms with Crippen LogP contribution in [0.3, 0.4) is 0 Å². The molecule has 5 nitrogen and oxygen atoms in total. The number of carbonyl (C=O) groups is 1. The van der Waals surface area contributed by atoms with Crippen LogP contribution < -0.4 is 5.32 Å². The number of anilines is 1. The van der Waals surface area contributed by atoms with Crippen LogP contribution >= 0.6 is 0 Å². The zero-order valence-corrected chi connectivity index (χ0v) is 11.8. The largest absolute Gasteiger partial charge is 0.321 e. The number of hydrogen-bond donors (Lipinski definition) is 1. The first kappa shape index (κ1) is 13.9. The number of rotatable bonds is 3. The minimum absolute atomic E-state index is 0.230. The SMILES string of the molecule is Cc1c(C(=O)Nc2ccccc2)nnn1-c1ccc(F)cc1. The lowest BCUT2D eigenvalue weighted by Crippen LogP contribution is -2.14. The molecule has 1 N–H and O–H groups in total. The third-order valence-corrected chi connectivity index (χ3v) is 3.21. The molecule has 0 fully saturated rings. The normalized spacial score (nSPS) is 10.5. The van der Waals surface area contributed by atoms with Crippen molar-refractivity contribution in [1.82, 2.24) is 15.0 Å². The van der Waals surface area contributed by atoms with E-state index in [4.69, 9.17) is 0 Å². The molecule has 1 aromatic heterocycles. The minimum Gasteiger partial charge on any atom is -0.321 e. The molecule has 0 saturated carbocycles. The van der Waals surface area contributed by atoms with Crippen LogP contribution in [-0.2, 0) is 0 Å². The number of para-hydroxylation sites is 1. The van der Waals surface area contributed by atoms with E-state index in [1.807, 2.05) is 18.2 Å². The minimum atomic E-state index is -0.336. The Hall–Kier alpha value is -3.02. The quantitative estimate of drug-likeness (QED) is 0.808. The zero-order chi connectivity index (χ0) is 15.5. The van der Waals surface area contributed by atoms with E-state index < -0.39 is 0 Å². The summed E-state index contributed by atoms with van der Waals surface area (Å²) in [6, 6.07) is 14.9. The van der Waals surface area contributed by atoms with Crippen molar-refractivity contribution in [1.29, 1.82) is 0 Å². The predicted octanol–water partition coefficient (Wildman–Crippen LogP) is 2.97. The molecule has 0 aliphatic carbocycles. The number of benzene rings is 2. The monoisotopic (exact) mass is 296 g/mol. The molecule has 1 heterocycles. The van der Waals surface area contributed by atoms with Gasteiger partial charge in [-0.15, -0.1) is 5.10 Å². The molecule has 0 unspecified atom stereocenters. The summed E-state index contributed by atoms with van der Waals surface area (Å²) >= 11 is 0. The Morgan fingerprint density at radius 3 is 2.45 bits per heavy atom. The number of amides is 1. The fourth-order valence-corrected chi connectivity index (χ4v) is 2.08. The first-order valence-corrected chi connectivity index (χ1v) is 6.70. The van der Waals surface area contributed by atoms with Crippen molar-refractivity contribution in [2.75, 3.05) is 5.32 Å². The highest BCUT2D eigenvalue weighted by Gasteiger charge is 2.17. The predicted molar refractivity (Wildman–Crippen MR) is 80.4 cm³/mol. The third-order valence-electron chi connectivity index (χ3n) is 3.21. The molecule has 0 saturated heterocycles. The molecule has 0 spiro atoms. The van der Waals surface area contributed by atoms with Gasteiger partial charge in [0, 0.05) is 5.69 Å². The Bertz CT molecular complexity index is 797. The van der Waals surface area contributed by atoms with Gasteiger partial charge in [-0.25, -0.2) is 9.07 Å². The van der Waals surface area contributed by atoms with E-state index in [9.17, 15) is 9.18 Å². The summed E-state index contributed by atoms with van der Waals surface area (Å²) in [6.07, 6.45) is 0. The Morgan fingerprint density at radius 2 is 1.77 bits per heavy atom. The maximum Gasteiger partial charge on any atom is 0.278 e. The first-order valence-electron chi connectivity index (χ1n) is 6.70. The van der Waals surface area contributed by atoms with Crippen LogP contribution in [0.2, 0.25) is 0 Å². The van der Waals surface area contributed by atoms with Gasteiger partial charge in [0.15, 0.2) is 5.69 Å². The van der Waals surface area contributed by atoms with Crippen molar-refractivity contribution >= 4 is 11.6 Å². The smallest absolute Gasteiger partial charge is 0.278 e. The average molecular weight is 296 g/mol. The molecule has 2 aromatic carbocycles. The molecule has 3 aromatic rings. The van der Waals surface area contributed by atoms with E-state index in [1.54, 1.807) is 31.2 Å². The molecular formula is C16H13FN4O. The van der Waals surface area contributed by atoms with Crippen LogP contribution in [0.15, 0.2) is 54.6 Å². The van der Waals surface area contributed by atoms with Crippen molar-refractivity contribution in [3.05, 3.63) is 71.8 Å². The van der Waals surface area contributed by atoms with E-state index in [0.29, 0.717) is 17.1 Å². The number of hydrogen-bond acceptors (Lipinski definition) is 3. The van der Waals surface area contributed by atoms with Gasteiger partial charge < -0.3 is 5.32 Å². The van der Waals surface area contributed by atoms with Gasteiger partial charge in [-0.1, -0.05) is 23.4 Å². The summed E-state index contributed by atoms with van der Waals surface area (Å²) in [4.78, 5) is 12.2. The summed E-state index contributed by atoms with van der Waals surface area (Å²) in [5.74, 6) is -0.666. The number of aromatic nitrogens is 3. The van der Waals surface area contributed by atoms with Crippen molar-refractivity contribution < 1.29 is 9.18 Å². The van der Waals surface area contributed by atoms with Crippen LogP contribution in [0.4, 0.5) is 10.1 Å². The molecule has 3 rings (SSSR count). The molecule has 0 atom stereocenters. The molecule has 0 radical (unpaired) electrons. The van der Waals surface area contributed by atoms with Crippen LogP contribution in [0.5, 0.6) is 0 Å². The fourth-order valence-electron chi connectivity index (χ4n) is 2.08. The van der Waals surface area contributed by atoms with Crippen molar-refractivity contribution in [3.8, 4) is 5.69 Å². The van der Waals surface area contributed by atoms with E-state index in [1.165, 1.54) is 16.8 Å². The van der Waals surface area contributed by atoms with Crippen molar-refractivity contribution in [3.63, 3.8) is 0 Å². The topological polar surface area (TPSA) is 59.8 Å². The number of carbonyl (C=O) groups excluding carboxylic acids is 1. The Morgan fingerprint density at radius 1 is 1.09 bits per heavy atom. The Labute approximate surface area is 126 Å². The second-order valence-electron chi connectivity index (χ2n) is 4.73. The molecular weight excluding hydrogens is 283 g/mol. The third kappa shape index (κ3) is 2.71. The van der Waals surface area contributed by atoms with Gasteiger partial charge in [-0.2, -0.15) is 0 Å². The van der Waals surface area contributed by atoms with E-state index >= 15 is 0 Å². The highest BCUT2D eigenvalue weighted by molar-refractivity contribution is 6.03. The fraction of sp³-hybridized carbons (Fsp3) is 0.0625. The van der Waals surface area contributed by atoms with Crippen molar-refractivity contribution in [2.24, 2.45) is 0 Å². The lowest BCUT2D eigenvalue weighted by molar-refractivity contribution is 0.102. The van der Waals surface area contributed by atoms with E-state index in [-0.39, 0.29) is 17.4 Å². The zero-order valence-electron chi connectivity index (χ0n) is 11.8. The number of nitrogens with one attached hydrogen (secondary N) is 1. The van der Waals surface area contributed by atoms with E-state index in [0.717, 1.165) is 0 Å². The van der Waals surface area contributed by atoms with Gasteiger partial charge in [0.2, 0.25) is 0 Å². The van der Waals surface area contributed by atoms with Gasteiger partial charge >= 0.3 is 0 Å². The highest BCUT2D eigenvalue weighted by Crippen LogP contribution is 2.14. The molecule has 110 valence electrons. The van der Waals surface area contributed by atoms with Crippen molar-refractivity contribution in [2.45, 2.75) is 6.92 Å². The summed E-state index contributed by atoms with van der Waals surface area (Å²) in [7, 11) is 0. The summed E-state index contributed by atoms with van der Waals surface area (Å²) in [6.45, 7) is 1.74. The maximum atomic E-state index is 13.0. The number of halogens is 1. The van der Waals surface area contributed by atoms with E-state index in [2.05, 4.69) is 15.6 Å². The standard InChI is InChI=1S/C16H13FN4O/c1-11-15(16(22)18-13-5-3-2-4-6-13)19-20-21(11)14-9-7-12(17)8-10-14/h2-10H,1H3,(H,18,22). The van der Waals surface area contributed by atoms with Gasteiger partial charge in [0.05, 0.1) is 11.4 Å². The second-order valence-corrected chi connectivity index (χ2v) is 4.73. The highest BCUT2D eigenvalue weighted by atomic mass is 19.1.